The molecule has 2 N–H and O–H groups in total. The number of nitrogens with one attached hydrogen (secondary N) is 2. The zero-order valence-corrected chi connectivity index (χ0v) is 10.2. The lowest BCUT2D eigenvalue weighted by atomic mass is 10.2. The Bertz CT molecular complexity index is 202. The number of hydrogen-bond acceptors (Lipinski definition) is 2. The third-order valence-corrected chi connectivity index (χ3v) is 2.18. The van der Waals surface area contributed by atoms with Crippen LogP contribution in [0.15, 0.2) is 12.2 Å². The molecule has 0 aliphatic rings. The van der Waals surface area contributed by atoms with Gasteiger partial charge in [-0.1, -0.05) is 31.9 Å². The number of rotatable bonds is 8. The summed E-state index contributed by atoms with van der Waals surface area (Å²) in [4.78, 5) is 11.5. The Morgan fingerprint density at radius 1 is 1.40 bits per heavy atom. The van der Waals surface area contributed by atoms with Crippen LogP contribution in [0.25, 0.3) is 0 Å². The van der Waals surface area contributed by atoms with Gasteiger partial charge in [-0.3, -0.25) is 4.79 Å². The average Bonchev–Trinajstić information content (AvgIpc) is 2.20. The molecule has 0 aliphatic heterocycles. The molecule has 0 aromatic heterocycles. The van der Waals surface area contributed by atoms with Gasteiger partial charge in [-0.2, -0.15) is 0 Å². The number of carbonyl (C=O) groups is 1. The van der Waals surface area contributed by atoms with Crippen LogP contribution in [0.4, 0.5) is 0 Å². The van der Waals surface area contributed by atoms with Crippen molar-refractivity contribution in [3.63, 3.8) is 0 Å². The molecule has 15 heavy (non-hydrogen) atoms. The molecular formula is C12H24N2O. The number of hydrogen-bond donors (Lipinski definition) is 2. The molecule has 0 heterocycles. The second-order valence-corrected chi connectivity index (χ2v) is 4.06. The monoisotopic (exact) mass is 212 g/mol. The third kappa shape index (κ3) is 8.18. The first kappa shape index (κ1) is 14.2. The van der Waals surface area contributed by atoms with E-state index in [1.54, 1.807) is 0 Å². The Kier molecular flexibility index (Phi) is 8.01. The quantitative estimate of drug-likeness (QED) is 0.476. The zero-order chi connectivity index (χ0) is 11.7. The summed E-state index contributed by atoms with van der Waals surface area (Å²) in [7, 11) is 0. The van der Waals surface area contributed by atoms with E-state index < -0.39 is 0 Å². The molecule has 0 saturated carbocycles. The van der Waals surface area contributed by atoms with E-state index >= 15 is 0 Å². The van der Waals surface area contributed by atoms with Crippen LogP contribution in [0.2, 0.25) is 0 Å². The lowest BCUT2D eigenvalue weighted by Crippen LogP contribution is -2.42. The Hall–Kier alpha value is -0.830. The molecule has 0 rings (SSSR count). The van der Waals surface area contributed by atoms with Gasteiger partial charge in [0.15, 0.2) is 0 Å². The highest BCUT2D eigenvalue weighted by atomic mass is 16.2. The first-order valence-electron chi connectivity index (χ1n) is 5.73. The molecule has 0 bridgehead atoms. The summed E-state index contributed by atoms with van der Waals surface area (Å²) >= 11 is 0. The van der Waals surface area contributed by atoms with Gasteiger partial charge in [0.1, 0.15) is 0 Å². The van der Waals surface area contributed by atoms with Gasteiger partial charge in [-0.05, 0) is 20.3 Å². The topological polar surface area (TPSA) is 41.1 Å². The maximum absolute atomic E-state index is 11.5. The molecule has 0 radical (unpaired) electrons. The van der Waals surface area contributed by atoms with Gasteiger partial charge in [-0.15, -0.1) is 0 Å². The van der Waals surface area contributed by atoms with Gasteiger partial charge in [0.2, 0.25) is 5.91 Å². The fraction of sp³-hybridized carbons (Fsp3) is 0.750. The third-order valence-electron chi connectivity index (χ3n) is 2.18. The van der Waals surface area contributed by atoms with E-state index in [-0.39, 0.29) is 11.9 Å². The van der Waals surface area contributed by atoms with E-state index in [1.807, 2.05) is 13.8 Å². The van der Waals surface area contributed by atoms with E-state index in [4.69, 9.17) is 0 Å². The minimum Gasteiger partial charge on any atom is -0.355 e. The van der Waals surface area contributed by atoms with E-state index in [1.165, 1.54) is 12.8 Å². The normalized spacial score (nSPS) is 12.2. The van der Waals surface area contributed by atoms with E-state index in [0.717, 1.165) is 18.5 Å². The fourth-order valence-electron chi connectivity index (χ4n) is 1.16. The van der Waals surface area contributed by atoms with Crippen molar-refractivity contribution in [1.29, 1.82) is 0 Å². The van der Waals surface area contributed by atoms with Crippen LogP contribution in [-0.4, -0.2) is 25.0 Å². The largest absolute Gasteiger partial charge is 0.355 e. The fourth-order valence-corrected chi connectivity index (χ4v) is 1.16. The van der Waals surface area contributed by atoms with Gasteiger partial charge < -0.3 is 10.6 Å². The molecular weight excluding hydrogens is 188 g/mol. The predicted molar refractivity (Wildman–Crippen MR) is 64.8 cm³/mol. The van der Waals surface area contributed by atoms with Crippen molar-refractivity contribution >= 4 is 5.91 Å². The van der Waals surface area contributed by atoms with Gasteiger partial charge in [-0.25, -0.2) is 0 Å². The highest BCUT2D eigenvalue weighted by Crippen LogP contribution is 1.92. The highest BCUT2D eigenvalue weighted by Gasteiger charge is 2.10. The number of amides is 1. The predicted octanol–water partition coefficient (Wildman–Crippen LogP) is 1.85. The van der Waals surface area contributed by atoms with Crippen LogP contribution in [0, 0.1) is 0 Å². The van der Waals surface area contributed by atoms with Crippen LogP contribution < -0.4 is 10.6 Å². The van der Waals surface area contributed by atoms with Crippen molar-refractivity contribution in [2.75, 3.05) is 13.1 Å². The first-order valence-corrected chi connectivity index (χ1v) is 5.73. The summed E-state index contributed by atoms with van der Waals surface area (Å²) in [5.74, 6) is 0.0763. The van der Waals surface area contributed by atoms with Crippen LogP contribution in [0.5, 0.6) is 0 Å². The average molecular weight is 212 g/mol. The summed E-state index contributed by atoms with van der Waals surface area (Å²) in [6, 6.07) is -0.136. The van der Waals surface area contributed by atoms with E-state index in [0.29, 0.717) is 6.54 Å². The van der Waals surface area contributed by atoms with Gasteiger partial charge >= 0.3 is 0 Å². The SMILES string of the molecule is C=C(C)CNC(C)C(=O)NCCCCC. The zero-order valence-electron chi connectivity index (χ0n) is 10.2. The van der Waals surface area contributed by atoms with Crippen molar-refractivity contribution < 1.29 is 4.79 Å². The summed E-state index contributed by atoms with van der Waals surface area (Å²) in [5.41, 5.74) is 1.04. The van der Waals surface area contributed by atoms with Crippen molar-refractivity contribution in [1.82, 2.24) is 10.6 Å². The lowest BCUT2D eigenvalue weighted by Gasteiger charge is -2.13. The molecule has 88 valence electrons. The molecule has 1 unspecified atom stereocenters. The summed E-state index contributed by atoms with van der Waals surface area (Å²) in [6.07, 6.45) is 3.42. The minimum atomic E-state index is -0.136. The number of carbonyl (C=O) groups excluding carboxylic acids is 1. The second-order valence-electron chi connectivity index (χ2n) is 4.06. The molecule has 0 aliphatic carbocycles. The van der Waals surface area contributed by atoms with Gasteiger partial charge in [0, 0.05) is 13.1 Å². The Morgan fingerprint density at radius 3 is 2.60 bits per heavy atom. The molecule has 0 aromatic rings. The Labute approximate surface area is 93.3 Å². The smallest absolute Gasteiger partial charge is 0.236 e. The van der Waals surface area contributed by atoms with Gasteiger partial charge in [0.25, 0.3) is 0 Å². The Balaban J connectivity index is 3.55. The molecule has 3 heteroatoms. The summed E-state index contributed by atoms with van der Waals surface area (Å²) in [6.45, 7) is 11.2. The van der Waals surface area contributed by atoms with Crippen LogP contribution >= 0.6 is 0 Å². The maximum Gasteiger partial charge on any atom is 0.236 e. The van der Waals surface area contributed by atoms with Crippen molar-refractivity contribution in [3.8, 4) is 0 Å². The molecule has 0 fully saturated rings. The first-order chi connectivity index (χ1) is 7.07. The standard InChI is InChI=1S/C12H24N2O/c1-5-6-7-8-13-12(15)11(4)14-9-10(2)3/h11,14H,2,5-9H2,1,3-4H3,(H,13,15). The lowest BCUT2D eigenvalue weighted by molar-refractivity contribution is -0.122. The van der Waals surface area contributed by atoms with Crippen molar-refractivity contribution in [3.05, 3.63) is 12.2 Å². The van der Waals surface area contributed by atoms with Crippen LogP contribution in [0.3, 0.4) is 0 Å². The van der Waals surface area contributed by atoms with Gasteiger partial charge in [0.05, 0.1) is 6.04 Å². The highest BCUT2D eigenvalue weighted by molar-refractivity contribution is 5.81. The van der Waals surface area contributed by atoms with Crippen molar-refractivity contribution in [2.45, 2.75) is 46.1 Å². The number of unbranched alkanes of at least 4 members (excludes halogenated alkanes) is 2. The molecule has 1 amide bonds. The molecule has 3 nitrogen and oxygen atoms in total. The van der Waals surface area contributed by atoms with Crippen LogP contribution in [0.1, 0.15) is 40.0 Å². The van der Waals surface area contributed by atoms with E-state index in [9.17, 15) is 4.79 Å². The summed E-state index contributed by atoms with van der Waals surface area (Å²) < 4.78 is 0. The van der Waals surface area contributed by atoms with E-state index in [2.05, 4.69) is 24.1 Å². The van der Waals surface area contributed by atoms with Crippen molar-refractivity contribution in [2.24, 2.45) is 0 Å². The summed E-state index contributed by atoms with van der Waals surface area (Å²) in [5, 5.41) is 6.02. The maximum atomic E-state index is 11.5. The molecule has 0 aromatic carbocycles. The molecule has 0 spiro atoms. The Morgan fingerprint density at radius 2 is 2.07 bits per heavy atom. The molecule has 1 atom stereocenters. The second kappa shape index (κ2) is 8.48. The minimum absolute atomic E-state index is 0.0763. The molecule has 0 saturated heterocycles. The van der Waals surface area contributed by atoms with Crippen LogP contribution in [-0.2, 0) is 4.79 Å².